The smallest absolute Gasteiger partial charge is 0.343 e. The van der Waals surface area contributed by atoms with Crippen LogP contribution < -0.4 is 9.47 Å². The minimum atomic E-state index is -0.411. The highest BCUT2D eigenvalue weighted by Crippen LogP contribution is 2.40. The fraction of sp³-hybridized carbons (Fsp3) is 0.0294. The van der Waals surface area contributed by atoms with E-state index in [1.165, 1.54) is 0 Å². The molecule has 0 aromatic heterocycles. The minimum absolute atomic E-state index is 0.411. The molecule has 0 N–H and O–H groups in total. The van der Waals surface area contributed by atoms with Gasteiger partial charge in [0.05, 0.1) is 5.56 Å². The van der Waals surface area contributed by atoms with Crippen LogP contribution in [0.1, 0.15) is 15.9 Å². The van der Waals surface area contributed by atoms with Crippen LogP contribution in [0.5, 0.6) is 11.5 Å². The Kier molecular flexibility index (Phi) is 6.10. The van der Waals surface area contributed by atoms with Crippen molar-refractivity contribution in [3.63, 3.8) is 0 Å². The Morgan fingerprint density at radius 1 is 0.568 bits per heavy atom. The Labute approximate surface area is 215 Å². The summed E-state index contributed by atoms with van der Waals surface area (Å²) in [5.74, 6) is 0.818. The molecule has 0 spiro atoms. The van der Waals surface area contributed by atoms with Gasteiger partial charge in [-0.1, -0.05) is 103 Å². The fourth-order valence-electron chi connectivity index (χ4n) is 4.64. The molecule has 0 atom stereocenters. The number of benzene rings is 6. The Morgan fingerprint density at radius 2 is 1.22 bits per heavy atom. The van der Waals surface area contributed by atoms with Gasteiger partial charge in [-0.2, -0.15) is 0 Å². The predicted octanol–water partition coefficient (Wildman–Crippen LogP) is 8.46. The van der Waals surface area contributed by atoms with Crippen molar-refractivity contribution in [3.8, 4) is 22.6 Å². The highest BCUT2D eigenvalue weighted by molar-refractivity contribution is 6.08. The second-order valence-electron chi connectivity index (χ2n) is 8.87. The van der Waals surface area contributed by atoms with E-state index in [1.54, 1.807) is 24.3 Å². The zero-order chi connectivity index (χ0) is 25.0. The quantitative estimate of drug-likeness (QED) is 0.177. The van der Waals surface area contributed by atoms with Crippen molar-refractivity contribution >= 4 is 27.5 Å². The summed E-state index contributed by atoms with van der Waals surface area (Å²) in [4.78, 5) is 13.2. The Morgan fingerprint density at radius 3 is 2.00 bits per heavy atom. The molecule has 0 saturated carbocycles. The first-order valence-corrected chi connectivity index (χ1v) is 12.3. The van der Waals surface area contributed by atoms with E-state index in [2.05, 4.69) is 36.4 Å². The molecule has 0 heterocycles. The topological polar surface area (TPSA) is 35.5 Å². The van der Waals surface area contributed by atoms with Gasteiger partial charge in [0.2, 0.25) is 0 Å². The fourth-order valence-corrected chi connectivity index (χ4v) is 4.64. The van der Waals surface area contributed by atoms with Crippen LogP contribution in [-0.2, 0) is 6.61 Å². The summed E-state index contributed by atoms with van der Waals surface area (Å²) in [6, 6.07) is 43.6. The number of esters is 1. The van der Waals surface area contributed by atoms with Crippen LogP contribution in [0, 0.1) is 0 Å². The highest BCUT2D eigenvalue weighted by atomic mass is 16.5. The highest BCUT2D eigenvalue weighted by Gasteiger charge is 2.17. The van der Waals surface area contributed by atoms with Crippen molar-refractivity contribution in [2.75, 3.05) is 0 Å². The maximum Gasteiger partial charge on any atom is 0.343 e. The Balaban J connectivity index is 1.32. The molecule has 0 aliphatic heterocycles. The lowest BCUT2D eigenvalue weighted by Crippen LogP contribution is -2.09. The van der Waals surface area contributed by atoms with E-state index in [4.69, 9.17) is 9.47 Å². The van der Waals surface area contributed by atoms with Crippen molar-refractivity contribution in [2.45, 2.75) is 6.61 Å². The number of fused-ring (bicyclic) bond motifs is 2. The van der Waals surface area contributed by atoms with Crippen molar-refractivity contribution in [1.29, 1.82) is 0 Å². The van der Waals surface area contributed by atoms with E-state index >= 15 is 0 Å². The number of rotatable bonds is 6. The third-order valence-electron chi connectivity index (χ3n) is 6.49. The summed E-state index contributed by atoms with van der Waals surface area (Å²) in [5.41, 5.74) is 3.49. The second kappa shape index (κ2) is 10.00. The van der Waals surface area contributed by atoms with Gasteiger partial charge in [-0.25, -0.2) is 4.79 Å². The van der Waals surface area contributed by atoms with Gasteiger partial charge >= 0.3 is 5.97 Å². The zero-order valence-corrected chi connectivity index (χ0v) is 20.1. The normalized spacial score (nSPS) is 10.9. The van der Waals surface area contributed by atoms with Crippen LogP contribution >= 0.6 is 0 Å². The van der Waals surface area contributed by atoms with Crippen molar-refractivity contribution in [1.82, 2.24) is 0 Å². The molecule has 178 valence electrons. The molecule has 0 aliphatic rings. The van der Waals surface area contributed by atoms with E-state index in [1.807, 2.05) is 72.8 Å². The summed E-state index contributed by atoms with van der Waals surface area (Å²) in [5, 5.41) is 4.37. The number of ether oxygens (including phenoxy) is 2. The van der Waals surface area contributed by atoms with Crippen LogP contribution in [0.3, 0.4) is 0 Å². The molecule has 0 amide bonds. The van der Waals surface area contributed by atoms with Gasteiger partial charge in [0, 0.05) is 5.56 Å². The number of hydrogen-bond acceptors (Lipinski definition) is 3. The van der Waals surface area contributed by atoms with Crippen LogP contribution in [0.4, 0.5) is 0 Å². The molecule has 3 nitrogen and oxygen atoms in total. The van der Waals surface area contributed by atoms with Gasteiger partial charge in [0.15, 0.2) is 0 Å². The molecule has 3 heteroatoms. The van der Waals surface area contributed by atoms with Crippen LogP contribution in [0.15, 0.2) is 133 Å². The van der Waals surface area contributed by atoms with Gasteiger partial charge in [-0.15, -0.1) is 0 Å². The van der Waals surface area contributed by atoms with E-state index in [-0.39, 0.29) is 0 Å². The Hall–Kier alpha value is -4.89. The van der Waals surface area contributed by atoms with Crippen molar-refractivity contribution in [3.05, 3.63) is 145 Å². The number of carbonyl (C=O) groups excluding carboxylic acids is 1. The minimum Gasteiger partial charge on any atom is -0.489 e. The molecule has 0 aliphatic carbocycles. The van der Waals surface area contributed by atoms with Crippen LogP contribution in [0.2, 0.25) is 0 Å². The molecule has 37 heavy (non-hydrogen) atoms. The van der Waals surface area contributed by atoms with Gasteiger partial charge in [-0.3, -0.25) is 0 Å². The number of carbonyl (C=O) groups is 1. The lowest BCUT2D eigenvalue weighted by molar-refractivity contribution is 0.0735. The van der Waals surface area contributed by atoms with Gasteiger partial charge < -0.3 is 9.47 Å². The standard InChI is InChI=1S/C34H24O3/c35-34(27-17-20-28(21-18-27)36-23-24-9-2-1-3-10-24)37-32-22-19-26-12-5-7-15-30(26)33(32)31-16-8-13-25-11-4-6-14-29(25)31/h1-22H,23H2. The summed E-state index contributed by atoms with van der Waals surface area (Å²) < 4.78 is 11.9. The van der Waals surface area contributed by atoms with E-state index in [0.29, 0.717) is 23.7 Å². The number of hydrogen-bond donors (Lipinski definition) is 0. The lowest BCUT2D eigenvalue weighted by atomic mass is 9.93. The summed E-state index contributed by atoms with van der Waals surface area (Å²) in [6.45, 7) is 0.468. The first-order valence-electron chi connectivity index (χ1n) is 12.3. The van der Waals surface area contributed by atoms with Crippen molar-refractivity contribution in [2.24, 2.45) is 0 Å². The third kappa shape index (κ3) is 4.67. The van der Waals surface area contributed by atoms with Gasteiger partial charge in [-0.05, 0) is 63.0 Å². The van der Waals surface area contributed by atoms with Gasteiger partial charge in [0.25, 0.3) is 0 Å². The maximum absolute atomic E-state index is 13.2. The molecular formula is C34H24O3. The summed E-state index contributed by atoms with van der Waals surface area (Å²) in [7, 11) is 0. The average Bonchev–Trinajstić information content (AvgIpc) is 2.96. The first-order chi connectivity index (χ1) is 18.3. The monoisotopic (exact) mass is 480 g/mol. The molecule has 0 radical (unpaired) electrons. The zero-order valence-electron chi connectivity index (χ0n) is 20.1. The third-order valence-corrected chi connectivity index (χ3v) is 6.49. The Bertz CT molecular complexity index is 1700. The molecule has 0 unspecified atom stereocenters. The molecule has 6 aromatic carbocycles. The molecule has 6 rings (SSSR count). The van der Waals surface area contributed by atoms with E-state index in [9.17, 15) is 4.79 Å². The second-order valence-corrected chi connectivity index (χ2v) is 8.87. The molecule has 0 fully saturated rings. The van der Waals surface area contributed by atoms with E-state index in [0.717, 1.165) is 38.2 Å². The van der Waals surface area contributed by atoms with Crippen LogP contribution in [0.25, 0.3) is 32.7 Å². The summed E-state index contributed by atoms with van der Waals surface area (Å²) in [6.07, 6.45) is 0. The van der Waals surface area contributed by atoms with Crippen LogP contribution in [-0.4, -0.2) is 5.97 Å². The summed E-state index contributed by atoms with van der Waals surface area (Å²) >= 11 is 0. The average molecular weight is 481 g/mol. The van der Waals surface area contributed by atoms with Crippen molar-refractivity contribution < 1.29 is 14.3 Å². The lowest BCUT2D eigenvalue weighted by Gasteiger charge is -2.16. The van der Waals surface area contributed by atoms with E-state index < -0.39 is 5.97 Å². The van der Waals surface area contributed by atoms with Gasteiger partial charge in [0.1, 0.15) is 18.1 Å². The molecule has 6 aromatic rings. The molecule has 0 saturated heterocycles. The largest absolute Gasteiger partial charge is 0.489 e. The maximum atomic E-state index is 13.2. The molecule has 0 bridgehead atoms. The first kappa shape index (κ1) is 22.6. The SMILES string of the molecule is O=C(Oc1ccc2ccccc2c1-c1cccc2ccccc12)c1ccc(OCc2ccccc2)cc1. The molecular weight excluding hydrogens is 456 g/mol. The predicted molar refractivity (Wildman–Crippen MR) is 149 cm³/mol.